The van der Waals surface area contributed by atoms with Gasteiger partial charge in [-0.25, -0.2) is 4.79 Å². The van der Waals surface area contributed by atoms with Crippen LogP contribution in [0.4, 0.5) is 10.5 Å². The Bertz CT molecular complexity index is 544. The van der Waals surface area contributed by atoms with Crippen molar-refractivity contribution >= 4 is 49.5 Å². The largest absolute Gasteiger partial charge is 0.481 e. The van der Waals surface area contributed by atoms with Gasteiger partial charge >= 0.3 is 12.0 Å². The standard InChI is InChI=1S/C13H14Br2N2O3/c14-8-2-3-10(9(15)6-8)17-12(20)16-7-13(11(18)19)4-1-5-13/h2-3,6H,1,4-5,7H2,(H,18,19)(H2,16,17,20). The Morgan fingerprint density at radius 3 is 2.50 bits per heavy atom. The van der Waals surface area contributed by atoms with Gasteiger partial charge in [-0.1, -0.05) is 22.4 Å². The number of nitrogens with one attached hydrogen (secondary N) is 2. The Hall–Kier alpha value is -1.08. The van der Waals surface area contributed by atoms with E-state index in [4.69, 9.17) is 0 Å². The summed E-state index contributed by atoms with van der Waals surface area (Å²) >= 11 is 6.68. The van der Waals surface area contributed by atoms with Gasteiger partial charge in [-0.2, -0.15) is 0 Å². The van der Waals surface area contributed by atoms with Gasteiger partial charge in [-0.15, -0.1) is 0 Å². The molecule has 108 valence electrons. The lowest BCUT2D eigenvalue weighted by Crippen LogP contribution is -2.48. The van der Waals surface area contributed by atoms with Gasteiger partial charge in [0.25, 0.3) is 0 Å². The first-order valence-corrected chi connectivity index (χ1v) is 7.75. The lowest BCUT2D eigenvalue weighted by atomic mass is 9.69. The second kappa shape index (κ2) is 6.13. The first-order valence-electron chi connectivity index (χ1n) is 6.16. The van der Waals surface area contributed by atoms with Crippen LogP contribution in [0.2, 0.25) is 0 Å². The molecule has 0 saturated heterocycles. The fourth-order valence-electron chi connectivity index (χ4n) is 2.08. The van der Waals surface area contributed by atoms with E-state index >= 15 is 0 Å². The number of hydrogen-bond donors (Lipinski definition) is 3. The van der Waals surface area contributed by atoms with E-state index in [1.165, 1.54) is 0 Å². The molecule has 3 N–H and O–H groups in total. The Morgan fingerprint density at radius 2 is 2.00 bits per heavy atom. The minimum atomic E-state index is -0.839. The van der Waals surface area contributed by atoms with E-state index in [0.29, 0.717) is 18.5 Å². The average Bonchev–Trinajstić information content (AvgIpc) is 2.31. The normalized spacial score (nSPS) is 16.1. The molecule has 7 heteroatoms. The molecule has 0 unspecified atom stereocenters. The lowest BCUT2D eigenvalue weighted by molar-refractivity contribution is -0.153. The molecule has 0 bridgehead atoms. The van der Waals surface area contributed by atoms with Gasteiger partial charge < -0.3 is 15.7 Å². The highest BCUT2D eigenvalue weighted by Crippen LogP contribution is 2.40. The van der Waals surface area contributed by atoms with Gasteiger partial charge in [0, 0.05) is 15.5 Å². The second-order valence-electron chi connectivity index (χ2n) is 4.87. The number of carbonyl (C=O) groups excluding carboxylic acids is 1. The Balaban J connectivity index is 1.91. The summed E-state index contributed by atoms with van der Waals surface area (Å²) in [6.07, 6.45) is 2.13. The molecule has 1 saturated carbocycles. The van der Waals surface area contributed by atoms with Gasteiger partial charge in [0.15, 0.2) is 0 Å². The molecule has 0 radical (unpaired) electrons. The lowest BCUT2D eigenvalue weighted by Gasteiger charge is -2.37. The number of carboxylic acid groups (broad SMARTS) is 1. The van der Waals surface area contributed by atoms with Crippen molar-refractivity contribution in [2.24, 2.45) is 5.41 Å². The van der Waals surface area contributed by atoms with Crippen LogP contribution in [0.15, 0.2) is 27.1 Å². The number of hydrogen-bond acceptors (Lipinski definition) is 2. The number of amides is 2. The summed E-state index contributed by atoms with van der Waals surface area (Å²) in [6, 6.07) is 4.98. The molecule has 0 aliphatic heterocycles. The Kier molecular flexibility index (Phi) is 4.70. The smallest absolute Gasteiger partial charge is 0.319 e. The van der Waals surface area contributed by atoms with Crippen LogP contribution in [-0.4, -0.2) is 23.7 Å². The predicted molar refractivity (Wildman–Crippen MR) is 82.8 cm³/mol. The maximum atomic E-state index is 11.8. The van der Waals surface area contributed by atoms with Crippen LogP contribution < -0.4 is 10.6 Å². The molecule has 0 spiro atoms. The van der Waals surface area contributed by atoms with Crippen molar-refractivity contribution in [2.75, 3.05) is 11.9 Å². The number of rotatable bonds is 4. The number of aliphatic carboxylic acids is 1. The van der Waals surface area contributed by atoms with Gasteiger partial charge in [0.05, 0.1) is 11.1 Å². The molecule has 0 heterocycles. The molecule has 1 aliphatic carbocycles. The predicted octanol–water partition coefficient (Wildman–Crippen LogP) is 3.59. The summed E-state index contributed by atoms with van der Waals surface area (Å²) in [4.78, 5) is 23.0. The second-order valence-corrected chi connectivity index (χ2v) is 6.64. The van der Waals surface area contributed by atoms with Crippen molar-refractivity contribution in [3.05, 3.63) is 27.1 Å². The zero-order chi connectivity index (χ0) is 14.8. The third-order valence-corrected chi connectivity index (χ3v) is 4.68. The van der Waals surface area contributed by atoms with Crippen LogP contribution in [0.25, 0.3) is 0 Å². The van der Waals surface area contributed by atoms with Crippen molar-refractivity contribution in [3.63, 3.8) is 0 Å². The van der Waals surface area contributed by atoms with E-state index in [1.807, 2.05) is 12.1 Å². The highest BCUT2D eigenvalue weighted by Gasteiger charge is 2.44. The van der Waals surface area contributed by atoms with Gasteiger partial charge in [-0.3, -0.25) is 4.79 Å². The highest BCUT2D eigenvalue weighted by molar-refractivity contribution is 9.11. The number of benzene rings is 1. The fraction of sp³-hybridized carbons (Fsp3) is 0.385. The van der Waals surface area contributed by atoms with Gasteiger partial charge in [-0.05, 0) is 47.0 Å². The van der Waals surface area contributed by atoms with Crippen LogP contribution in [0.3, 0.4) is 0 Å². The van der Waals surface area contributed by atoms with Gasteiger partial charge in [0.2, 0.25) is 0 Å². The Morgan fingerprint density at radius 1 is 1.30 bits per heavy atom. The molecular formula is C13H14Br2N2O3. The number of halogens is 2. The quantitative estimate of drug-likeness (QED) is 0.716. The third kappa shape index (κ3) is 3.32. The van der Waals surface area contributed by atoms with E-state index in [-0.39, 0.29) is 6.54 Å². The molecule has 1 aromatic carbocycles. The van der Waals surface area contributed by atoms with Crippen LogP contribution in [0.1, 0.15) is 19.3 Å². The minimum Gasteiger partial charge on any atom is -0.481 e. The molecule has 5 nitrogen and oxygen atoms in total. The molecule has 2 rings (SSSR count). The molecule has 0 aromatic heterocycles. The monoisotopic (exact) mass is 404 g/mol. The van der Waals surface area contributed by atoms with E-state index in [2.05, 4.69) is 42.5 Å². The summed E-state index contributed by atoms with van der Waals surface area (Å²) in [6.45, 7) is 0.155. The first kappa shape index (κ1) is 15.3. The SMILES string of the molecule is O=C(NCC1(C(=O)O)CCC1)Nc1ccc(Br)cc1Br. The Labute approximate surface area is 133 Å². The summed E-state index contributed by atoms with van der Waals surface area (Å²) < 4.78 is 1.65. The minimum absolute atomic E-state index is 0.155. The molecule has 20 heavy (non-hydrogen) atoms. The van der Waals surface area contributed by atoms with E-state index in [1.54, 1.807) is 6.07 Å². The molecule has 1 aliphatic rings. The molecule has 2 amide bonds. The molecule has 0 atom stereocenters. The fourth-order valence-corrected chi connectivity index (χ4v) is 3.22. The third-order valence-electron chi connectivity index (χ3n) is 3.53. The van der Waals surface area contributed by atoms with Gasteiger partial charge in [0.1, 0.15) is 0 Å². The van der Waals surface area contributed by atoms with E-state index < -0.39 is 17.4 Å². The van der Waals surface area contributed by atoms with E-state index in [9.17, 15) is 14.7 Å². The molecule has 1 fully saturated rings. The van der Waals surface area contributed by atoms with Crippen molar-refractivity contribution in [2.45, 2.75) is 19.3 Å². The van der Waals surface area contributed by atoms with Crippen LogP contribution >= 0.6 is 31.9 Å². The number of carbonyl (C=O) groups is 2. The summed E-state index contributed by atoms with van der Waals surface area (Å²) in [5.74, 6) is -0.839. The zero-order valence-corrected chi connectivity index (χ0v) is 13.8. The number of urea groups is 1. The maximum Gasteiger partial charge on any atom is 0.319 e. The van der Waals surface area contributed by atoms with Crippen molar-refractivity contribution in [1.82, 2.24) is 5.32 Å². The first-order chi connectivity index (χ1) is 9.43. The zero-order valence-electron chi connectivity index (χ0n) is 10.6. The van der Waals surface area contributed by atoms with Crippen LogP contribution in [0.5, 0.6) is 0 Å². The van der Waals surface area contributed by atoms with Crippen molar-refractivity contribution in [1.29, 1.82) is 0 Å². The molecular weight excluding hydrogens is 392 g/mol. The molecule has 1 aromatic rings. The van der Waals surface area contributed by atoms with Crippen molar-refractivity contribution in [3.8, 4) is 0 Å². The number of carboxylic acids is 1. The van der Waals surface area contributed by atoms with Crippen molar-refractivity contribution < 1.29 is 14.7 Å². The van der Waals surface area contributed by atoms with Crippen LogP contribution in [0, 0.1) is 5.41 Å². The highest BCUT2D eigenvalue weighted by atomic mass is 79.9. The van der Waals surface area contributed by atoms with E-state index in [0.717, 1.165) is 15.4 Å². The van der Waals surface area contributed by atoms with Crippen LogP contribution in [-0.2, 0) is 4.79 Å². The summed E-state index contributed by atoms with van der Waals surface area (Å²) in [7, 11) is 0. The number of anilines is 1. The topological polar surface area (TPSA) is 78.4 Å². The summed E-state index contributed by atoms with van der Waals surface area (Å²) in [5.41, 5.74) is -0.155. The average molecular weight is 406 g/mol. The maximum absolute atomic E-state index is 11.8. The summed E-state index contributed by atoms with van der Waals surface area (Å²) in [5, 5.41) is 14.5.